The van der Waals surface area contributed by atoms with Crippen molar-refractivity contribution in [2.45, 2.75) is 19.3 Å². The summed E-state index contributed by atoms with van der Waals surface area (Å²) >= 11 is 5.41. The van der Waals surface area contributed by atoms with Crippen molar-refractivity contribution >= 4 is 23.5 Å². The third-order valence-corrected chi connectivity index (χ3v) is 2.89. The van der Waals surface area contributed by atoms with Crippen molar-refractivity contribution in [2.24, 2.45) is 5.92 Å². The van der Waals surface area contributed by atoms with Gasteiger partial charge in [-0.3, -0.25) is 10.1 Å². The summed E-state index contributed by atoms with van der Waals surface area (Å²) in [5, 5.41) is 2.29. The fraction of sp³-hybridized carbons (Fsp3) is 0.818. The van der Waals surface area contributed by atoms with E-state index in [1.165, 1.54) is 4.90 Å². The van der Waals surface area contributed by atoms with Gasteiger partial charge in [0, 0.05) is 38.4 Å². The summed E-state index contributed by atoms with van der Waals surface area (Å²) in [4.78, 5) is 24.3. The summed E-state index contributed by atoms with van der Waals surface area (Å²) in [6.45, 7) is 2.11. The highest BCUT2D eigenvalue weighted by atomic mass is 35.5. The first-order valence-corrected chi connectivity index (χ1v) is 6.35. The molecule has 0 bridgehead atoms. The molecule has 5 nitrogen and oxygen atoms in total. The second kappa shape index (κ2) is 7.50. The number of alkyl halides is 1. The predicted molar refractivity (Wildman–Crippen MR) is 65.0 cm³/mol. The lowest BCUT2D eigenvalue weighted by Crippen LogP contribution is -2.43. The van der Waals surface area contributed by atoms with E-state index in [2.05, 4.69) is 5.32 Å². The van der Waals surface area contributed by atoms with Crippen molar-refractivity contribution in [1.82, 2.24) is 10.2 Å². The number of hydrogen-bond acceptors (Lipinski definition) is 3. The molecule has 98 valence electrons. The second-order valence-electron chi connectivity index (χ2n) is 4.26. The molecule has 1 aliphatic heterocycles. The molecule has 1 rings (SSSR count). The number of nitrogens with zero attached hydrogens (tertiary/aromatic N) is 1. The summed E-state index contributed by atoms with van der Waals surface area (Å²) in [5.74, 6) is 0.249. The second-order valence-corrected chi connectivity index (χ2v) is 4.63. The van der Waals surface area contributed by atoms with Gasteiger partial charge in [-0.1, -0.05) is 0 Å². The first-order chi connectivity index (χ1) is 8.13. The van der Waals surface area contributed by atoms with E-state index in [1.54, 1.807) is 7.05 Å². The summed E-state index contributed by atoms with van der Waals surface area (Å²) in [6, 6.07) is -0.370. The lowest BCUT2D eigenvalue weighted by atomic mass is 10.0. The van der Waals surface area contributed by atoms with Gasteiger partial charge in [-0.2, -0.15) is 0 Å². The number of imide groups is 1. The highest BCUT2D eigenvalue weighted by Gasteiger charge is 2.19. The predicted octanol–water partition coefficient (Wildman–Crippen LogP) is 1.21. The molecule has 1 atom stereocenters. The Morgan fingerprint density at radius 3 is 2.88 bits per heavy atom. The van der Waals surface area contributed by atoms with E-state index in [1.807, 2.05) is 0 Å². The highest BCUT2D eigenvalue weighted by Crippen LogP contribution is 2.14. The van der Waals surface area contributed by atoms with Crippen molar-refractivity contribution in [3.8, 4) is 0 Å². The van der Waals surface area contributed by atoms with E-state index in [9.17, 15) is 9.59 Å². The highest BCUT2D eigenvalue weighted by molar-refractivity contribution is 6.19. The third-order valence-electron chi connectivity index (χ3n) is 2.70. The summed E-state index contributed by atoms with van der Waals surface area (Å²) in [7, 11) is 1.68. The number of amides is 3. The quantitative estimate of drug-likeness (QED) is 0.775. The minimum Gasteiger partial charge on any atom is -0.381 e. The van der Waals surface area contributed by atoms with Gasteiger partial charge in [-0.05, 0) is 12.8 Å². The van der Waals surface area contributed by atoms with Gasteiger partial charge in [0.1, 0.15) is 0 Å². The first-order valence-electron chi connectivity index (χ1n) is 5.82. The average molecular weight is 263 g/mol. The number of nitrogens with one attached hydrogen (secondary N) is 1. The van der Waals surface area contributed by atoms with Crippen molar-refractivity contribution in [3.63, 3.8) is 0 Å². The van der Waals surface area contributed by atoms with Crippen LogP contribution in [0.3, 0.4) is 0 Å². The van der Waals surface area contributed by atoms with Crippen LogP contribution in [0.15, 0.2) is 0 Å². The lowest BCUT2D eigenvalue weighted by molar-refractivity contribution is -0.119. The van der Waals surface area contributed by atoms with Gasteiger partial charge in [0.2, 0.25) is 5.91 Å². The van der Waals surface area contributed by atoms with E-state index in [-0.39, 0.29) is 24.2 Å². The molecule has 0 radical (unpaired) electrons. The number of urea groups is 1. The van der Waals surface area contributed by atoms with E-state index in [0.29, 0.717) is 19.1 Å². The van der Waals surface area contributed by atoms with Crippen molar-refractivity contribution < 1.29 is 14.3 Å². The number of rotatable bonds is 4. The molecule has 1 fully saturated rings. The zero-order valence-corrected chi connectivity index (χ0v) is 10.8. The molecule has 0 aromatic heterocycles. The van der Waals surface area contributed by atoms with Crippen LogP contribution in [0, 0.1) is 5.92 Å². The Bertz CT molecular complexity index is 267. The minimum atomic E-state index is -0.370. The van der Waals surface area contributed by atoms with Crippen molar-refractivity contribution in [1.29, 1.82) is 0 Å². The standard InChI is InChI=1S/C11H19ClN2O3/c1-14(7-9-3-2-6-17-8-9)11(16)13-10(15)4-5-12/h9H,2-8H2,1H3,(H,13,15,16). The molecule has 6 heteroatoms. The maximum absolute atomic E-state index is 11.6. The van der Waals surface area contributed by atoms with Crippen LogP contribution >= 0.6 is 11.6 Å². The lowest BCUT2D eigenvalue weighted by Gasteiger charge is -2.27. The monoisotopic (exact) mass is 262 g/mol. The molecular weight excluding hydrogens is 244 g/mol. The SMILES string of the molecule is CN(CC1CCCOC1)C(=O)NC(=O)CCCl. The Morgan fingerprint density at radius 1 is 1.53 bits per heavy atom. The van der Waals surface area contributed by atoms with Crippen molar-refractivity contribution in [3.05, 3.63) is 0 Å². The first kappa shape index (κ1) is 14.3. The maximum Gasteiger partial charge on any atom is 0.323 e. The van der Waals surface area contributed by atoms with Gasteiger partial charge >= 0.3 is 6.03 Å². The third kappa shape index (κ3) is 5.37. The molecule has 1 N–H and O–H groups in total. The molecule has 1 heterocycles. The van der Waals surface area contributed by atoms with Crippen LogP contribution in [-0.2, 0) is 9.53 Å². The van der Waals surface area contributed by atoms with Crippen molar-refractivity contribution in [2.75, 3.05) is 32.7 Å². The number of carbonyl (C=O) groups excluding carboxylic acids is 2. The normalized spacial score (nSPS) is 19.8. The molecule has 0 aromatic rings. The van der Waals surface area contributed by atoms with Gasteiger partial charge < -0.3 is 9.64 Å². The van der Waals surface area contributed by atoms with Crippen LogP contribution in [0.25, 0.3) is 0 Å². The Hall–Kier alpha value is -0.810. The number of ether oxygens (including phenoxy) is 1. The zero-order valence-electron chi connectivity index (χ0n) is 10.1. The molecule has 0 spiro atoms. The van der Waals surface area contributed by atoms with Crippen LogP contribution in [-0.4, -0.2) is 49.5 Å². The Kier molecular flexibility index (Phi) is 6.29. The summed E-state index contributed by atoms with van der Waals surface area (Å²) in [5.41, 5.74) is 0. The van der Waals surface area contributed by atoms with Gasteiger partial charge in [0.05, 0.1) is 6.61 Å². The smallest absolute Gasteiger partial charge is 0.323 e. The Balaban J connectivity index is 2.28. The van der Waals surface area contributed by atoms with E-state index >= 15 is 0 Å². The fourth-order valence-electron chi connectivity index (χ4n) is 1.78. The maximum atomic E-state index is 11.6. The number of hydrogen-bond donors (Lipinski definition) is 1. The minimum absolute atomic E-state index is 0.160. The van der Waals surface area contributed by atoms with Crippen LogP contribution in [0.5, 0.6) is 0 Å². The Morgan fingerprint density at radius 2 is 2.29 bits per heavy atom. The number of halogens is 1. The molecule has 17 heavy (non-hydrogen) atoms. The van der Waals surface area contributed by atoms with E-state index in [0.717, 1.165) is 19.4 Å². The molecular formula is C11H19ClN2O3. The molecule has 0 saturated carbocycles. The molecule has 0 aromatic carbocycles. The zero-order chi connectivity index (χ0) is 12.7. The average Bonchev–Trinajstić information content (AvgIpc) is 2.30. The van der Waals surface area contributed by atoms with Crippen LogP contribution in [0.2, 0.25) is 0 Å². The van der Waals surface area contributed by atoms with E-state index in [4.69, 9.17) is 16.3 Å². The van der Waals surface area contributed by atoms with Crippen LogP contribution in [0.4, 0.5) is 4.79 Å². The fourth-order valence-corrected chi connectivity index (χ4v) is 1.96. The molecule has 1 saturated heterocycles. The topological polar surface area (TPSA) is 58.6 Å². The molecule has 3 amide bonds. The molecule has 0 aliphatic carbocycles. The summed E-state index contributed by atoms with van der Waals surface area (Å²) < 4.78 is 5.34. The van der Waals surface area contributed by atoms with Gasteiger partial charge in [-0.25, -0.2) is 4.79 Å². The van der Waals surface area contributed by atoms with E-state index < -0.39 is 0 Å². The largest absolute Gasteiger partial charge is 0.381 e. The van der Waals surface area contributed by atoms with Crippen LogP contribution in [0.1, 0.15) is 19.3 Å². The molecule has 1 unspecified atom stereocenters. The Labute approximate surface area is 106 Å². The van der Waals surface area contributed by atoms with Crippen LogP contribution < -0.4 is 5.32 Å². The number of carbonyl (C=O) groups is 2. The van der Waals surface area contributed by atoms with Gasteiger partial charge in [0.15, 0.2) is 0 Å². The summed E-state index contributed by atoms with van der Waals surface area (Å²) in [6.07, 6.45) is 2.26. The van der Waals surface area contributed by atoms with Gasteiger partial charge in [0.25, 0.3) is 0 Å². The van der Waals surface area contributed by atoms with Gasteiger partial charge in [-0.15, -0.1) is 11.6 Å². The molecule has 1 aliphatic rings.